The van der Waals surface area contributed by atoms with E-state index in [1.165, 1.54) is 12.1 Å². The maximum Gasteiger partial charge on any atom is 0.269 e. The molecule has 0 aliphatic carbocycles. The number of nitrogens with zero attached hydrogens (tertiary/aromatic N) is 1. The number of hydrogen-bond acceptors (Lipinski definition) is 4. The zero-order valence-electron chi connectivity index (χ0n) is 11.3. The van der Waals surface area contributed by atoms with Gasteiger partial charge in [-0.2, -0.15) is 0 Å². The van der Waals surface area contributed by atoms with Crippen molar-refractivity contribution in [2.75, 3.05) is 12.8 Å². The molecule has 106 valence electrons. The van der Waals surface area contributed by atoms with Crippen molar-refractivity contribution in [2.45, 2.75) is 37.1 Å². The Labute approximate surface area is 116 Å². The molecule has 0 bridgehead atoms. The Hall–Kier alpha value is -1.27. The van der Waals surface area contributed by atoms with Gasteiger partial charge in [0.15, 0.2) is 0 Å². The smallest absolute Gasteiger partial charge is 0.269 e. The van der Waals surface area contributed by atoms with E-state index in [0.717, 1.165) is 19.3 Å². The maximum atomic E-state index is 12.0. The number of nitrogens with one attached hydrogen (secondary N) is 1. The van der Waals surface area contributed by atoms with Crippen LogP contribution in [0.25, 0.3) is 0 Å². The van der Waals surface area contributed by atoms with E-state index in [0.29, 0.717) is 16.7 Å². The molecule has 0 heterocycles. The molecule has 0 spiro atoms. The minimum absolute atomic E-state index is 0.0296. The van der Waals surface area contributed by atoms with Gasteiger partial charge in [0.2, 0.25) is 0 Å². The molecule has 2 atom stereocenters. The molecule has 6 heteroatoms. The molecular weight excluding hydrogens is 264 g/mol. The molecule has 1 N–H and O–H groups in total. The summed E-state index contributed by atoms with van der Waals surface area (Å²) in [7, 11) is 0.856. The second kappa shape index (κ2) is 8.01. The molecule has 0 saturated carbocycles. The number of rotatable bonds is 8. The topological polar surface area (TPSA) is 72.2 Å². The first-order valence-corrected chi connectivity index (χ1v) is 7.70. The van der Waals surface area contributed by atoms with Gasteiger partial charge in [0.05, 0.1) is 15.7 Å². The summed E-state index contributed by atoms with van der Waals surface area (Å²) in [4.78, 5) is 10.7. The van der Waals surface area contributed by atoms with Crippen LogP contribution in [-0.2, 0) is 10.8 Å². The molecule has 0 radical (unpaired) electrons. The van der Waals surface area contributed by atoms with E-state index in [-0.39, 0.29) is 5.69 Å². The summed E-state index contributed by atoms with van der Waals surface area (Å²) >= 11 is 0. The molecule has 19 heavy (non-hydrogen) atoms. The highest BCUT2D eigenvalue weighted by Crippen LogP contribution is 2.15. The van der Waals surface area contributed by atoms with Crippen LogP contribution >= 0.6 is 0 Å². The van der Waals surface area contributed by atoms with Crippen LogP contribution in [0.15, 0.2) is 29.2 Å². The van der Waals surface area contributed by atoms with E-state index < -0.39 is 15.7 Å². The van der Waals surface area contributed by atoms with Crippen LogP contribution in [0.1, 0.15) is 26.2 Å². The van der Waals surface area contributed by atoms with Crippen LogP contribution < -0.4 is 5.32 Å². The van der Waals surface area contributed by atoms with E-state index in [4.69, 9.17) is 0 Å². The van der Waals surface area contributed by atoms with Crippen molar-refractivity contribution in [3.63, 3.8) is 0 Å². The lowest BCUT2D eigenvalue weighted by Crippen LogP contribution is -2.24. The summed E-state index contributed by atoms with van der Waals surface area (Å²) < 4.78 is 12.0. The minimum atomic E-state index is -1.08. The van der Waals surface area contributed by atoms with Crippen molar-refractivity contribution in [2.24, 2.45) is 0 Å². The van der Waals surface area contributed by atoms with Gasteiger partial charge in [-0.15, -0.1) is 0 Å². The van der Waals surface area contributed by atoms with Crippen LogP contribution in [0.2, 0.25) is 0 Å². The molecule has 0 fully saturated rings. The van der Waals surface area contributed by atoms with Gasteiger partial charge < -0.3 is 5.32 Å². The summed E-state index contributed by atoms with van der Waals surface area (Å²) in [5, 5.41) is 13.7. The van der Waals surface area contributed by atoms with Crippen molar-refractivity contribution >= 4 is 16.5 Å². The third-order valence-corrected chi connectivity index (χ3v) is 4.55. The monoisotopic (exact) mass is 284 g/mol. The highest BCUT2D eigenvalue weighted by Gasteiger charge is 2.09. The van der Waals surface area contributed by atoms with E-state index in [9.17, 15) is 14.3 Å². The van der Waals surface area contributed by atoms with Crippen LogP contribution in [-0.4, -0.2) is 28.0 Å². The summed E-state index contributed by atoms with van der Waals surface area (Å²) in [6, 6.07) is 6.41. The van der Waals surface area contributed by atoms with E-state index in [1.807, 2.05) is 7.05 Å². The van der Waals surface area contributed by atoms with Crippen LogP contribution in [0.5, 0.6) is 0 Å². The Bertz CT molecular complexity index is 430. The Morgan fingerprint density at radius 3 is 2.47 bits per heavy atom. The fraction of sp³-hybridized carbons (Fsp3) is 0.538. The van der Waals surface area contributed by atoms with Crippen molar-refractivity contribution in [3.05, 3.63) is 34.4 Å². The zero-order valence-corrected chi connectivity index (χ0v) is 12.1. The van der Waals surface area contributed by atoms with Crippen LogP contribution in [0.3, 0.4) is 0 Å². The van der Waals surface area contributed by atoms with Crippen molar-refractivity contribution < 1.29 is 9.13 Å². The summed E-state index contributed by atoms with van der Waals surface area (Å²) in [5.41, 5.74) is 0.0296. The van der Waals surface area contributed by atoms with Crippen LogP contribution in [0.4, 0.5) is 5.69 Å². The van der Waals surface area contributed by atoms with Crippen molar-refractivity contribution in [1.82, 2.24) is 5.32 Å². The lowest BCUT2D eigenvalue weighted by Gasteiger charge is -2.12. The van der Waals surface area contributed by atoms with Gasteiger partial charge in [-0.25, -0.2) is 0 Å². The van der Waals surface area contributed by atoms with E-state index >= 15 is 0 Å². The van der Waals surface area contributed by atoms with Gasteiger partial charge in [-0.1, -0.05) is 6.92 Å². The first-order valence-electron chi connectivity index (χ1n) is 6.38. The first kappa shape index (κ1) is 15.8. The van der Waals surface area contributed by atoms with Gasteiger partial charge in [-0.05, 0) is 38.4 Å². The van der Waals surface area contributed by atoms with Gasteiger partial charge >= 0.3 is 0 Å². The lowest BCUT2D eigenvalue weighted by atomic mass is 10.1. The molecule has 0 aromatic heterocycles. The Morgan fingerprint density at radius 1 is 1.37 bits per heavy atom. The molecule has 1 rings (SSSR count). The molecule has 0 aliphatic heterocycles. The van der Waals surface area contributed by atoms with E-state index in [1.54, 1.807) is 12.1 Å². The lowest BCUT2D eigenvalue weighted by molar-refractivity contribution is -0.384. The van der Waals surface area contributed by atoms with E-state index in [2.05, 4.69) is 12.2 Å². The van der Waals surface area contributed by atoms with Gasteiger partial charge in [0.25, 0.3) is 5.69 Å². The van der Waals surface area contributed by atoms with Gasteiger partial charge in [-0.3, -0.25) is 14.3 Å². The molecule has 5 nitrogen and oxygen atoms in total. The van der Waals surface area contributed by atoms with Gasteiger partial charge in [0.1, 0.15) is 0 Å². The highest BCUT2D eigenvalue weighted by molar-refractivity contribution is 7.85. The average molecular weight is 284 g/mol. The second-order valence-electron chi connectivity index (χ2n) is 4.34. The summed E-state index contributed by atoms with van der Waals surface area (Å²) in [6.07, 6.45) is 2.93. The fourth-order valence-electron chi connectivity index (χ4n) is 1.85. The normalized spacial score (nSPS) is 14.0. The number of benzene rings is 1. The quantitative estimate of drug-likeness (QED) is 0.588. The third-order valence-electron chi connectivity index (χ3n) is 3.09. The van der Waals surface area contributed by atoms with Crippen molar-refractivity contribution in [1.29, 1.82) is 0 Å². The second-order valence-corrected chi connectivity index (χ2v) is 5.91. The SMILES string of the molecule is CCC(CCCS(=O)c1ccc([N+](=O)[O-])cc1)NC. The van der Waals surface area contributed by atoms with Crippen LogP contribution in [0, 0.1) is 10.1 Å². The van der Waals surface area contributed by atoms with Crippen molar-refractivity contribution in [3.8, 4) is 0 Å². The molecule has 2 unspecified atom stereocenters. The standard InChI is InChI=1S/C13H20N2O3S/c1-3-11(14-2)5-4-10-19(18)13-8-6-12(7-9-13)15(16)17/h6-9,11,14H,3-5,10H2,1-2H3. The fourth-order valence-corrected chi connectivity index (χ4v) is 2.96. The molecule has 1 aromatic carbocycles. The molecule has 0 amide bonds. The Morgan fingerprint density at radius 2 is 2.00 bits per heavy atom. The summed E-state index contributed by atoms with van der Waals surface area (Å²) in [5.74, 6) is 0.593. The Kier molecular flexibility index (Phi) is 6.66. The van der Waals surface area contributed by atoms with Gasteiger partial charge in [0, 0.05) is 28.8 Å². The highest BCUT2D eigenvalue weighted by atomic mass is 32.2. The molecule has 1 aromatic rings. The third kappa shape index (κ3) is 5.08. The Balaban J connectivity index is 2.47. The number of non-ortho nitro benzene ring substituents is 1. The number of nitro groups is 1. The predicted molar refractivity (Wildman–Crippen MR) is 76.7 cm³/mol. The first-order chi connectivity index (χ1) is 9.08. The number of hydrogen-bond donors (Lipinski definition) is 1. The maximum absolute atomic E-state index is 12.0. The summed E-state index contributed by atoms with van der Waals surface area (Å²) in [6.45, 7) is 2.12. The molecule has 0 saturated heterocycles. The molecule has 0 aliphatic rings. The number of nitro benzene ring substituents is 1. The largest absolute Gasteiger partial charge is 0.317 e. The molecular formula is C13H20N2O3S. The zero-order chi connectivity index (χ0) is 14.3. The predicted octanol–water partition coefficient (Wildman–Crippen LogP) is 2.48. The minimum Gasteiger partial charge on any atom is -0.317 e. The average Bonchev–Trinajstić information content (AvgIpc) is 2.43.